The van der Waals surface area contributed by atoms with Gasteiger partial charge in [0.2, 0.25) is 0 Å². The van der Waals surface area contributed by atoms with Gasteiger partial charge < -0.3 is 26.0 Å². The Kier molecular flexibility index (Phi) is 5.16. The van der Waals surface area contributed by atoms with Crippen LogP contribution in [0.2, 0.25) is 0 Å². The van der Waals surface area contributed by atoms with Gasteiger partial charge >= 0.3 is 11.8 Å². The molecule has 7 nitrogen and oxygen atoms in total. The van der Waals surface area contributed by atoms with Crippen molar-refractivity contribution in [2.75, 3.05) is 35.6 Å². The second-order valence-corrected chi connectivity index (χ2v) is 6.50. The number of aromatic hydroxyl groups is 1. The number of carbonyl (C=O) groups is 2. The van der Waals surface area contributed by atoms with Crippen LogP contribution in [0.4, 0.5) is 21.5 Å². The maximum absolute atomic E-state index is 13.1. The van der Waals surface area contributed by atoms with E-state index in [4.69, 9.17) is 5.73 Å². The molecule has 0 bridgehead atoms. The quantitative estimate of drug-likeness (QED) is 0.424. The van der Waals surface area contributed by atoms with Crippen LogP contribution in [0, 0.1) is 5.82 Å². The van der Waals surface area contributed by atoms with Gasteiger partial charge in [-0.3, -0.25) is 9.59 Å². The van der Waals surface area contributed by atoms with Gasteiger partial charge in [0, 0.05) is 43.1 Å². The summed E-state index contributed by atoms with van der Waals surface area (Å²) in [7, 11) is 0. The Morgan fingerprint density at radius 3 is 2.52 bits per heavy atom. The van der Waals surface area contributed by atoms with E-state index in [2.05, 4.69) is 10.2 Å². The summed E-state index contributed by atoms with van der Waals surface area (Å²) in [4.78, 5) is 28.2. The number of hydrogen-bond donors (Lipinski definition) is 3. The average Bonchev–Trinajstić information content (AvgIpc) is 2.65. The molecule has 142 valence electrons. The topological polar surface area (TPSA) is 98.9 Å². The number of benzene rings is 2. The molecular weight excluding hydrogens is 351 g/mol. The van der Waals surface area contributed by atoms with Gasteiger partial charge in [0.15, 0.2) is 0 Å². The Morgan fingerprint density at radius 1 is 1.19 bits per heavy atom. The molecule has 0 aliphatic carbocycles. The lowest BCUT2D eigenvalue weighted by Gasteiger charge is -2.41. The van der Waals surface area contributed by atoms with Gasteiger partial charge in [-0.1, -0.05) is 0 Å². The molecule has 0 saturated carbocycles. The number of nitrogens with zero attached hydrogens (tertiary/aromatic N) is 2. The van der Waals surface area contributed by atoms with Crippen LogP contribution in [0.15, 0.2) is 42.5 Å². The van der Waals surface area contributed by atoms with Crippen molar-refractivity contribution >= 4 is 28.9 Å². The molecule has 1 atom stereocenters. The molecule has 1 aliphatic rings. The fraction of sp³-hybridized carbons (Fsp3) is 0.263. The molecule has 4 N–H and O–H groups in total. The van der Waals surface area contributed by atoms with Gasteiger partial charge in [-0.15, -0.1) is 0 Å². The van der Waals surface area contributed by atoms with E-state index < -0.39 is 11.8 Å². The molecule has 27 heavy (non-hydrogen) atoms. The molecule has 3 rings (SSSR count). The van der Waals surface area contributed by atoms with Crippen LogP contribution in [0.25, 0.3) is 0 Å². The highest BCUT2D eigenvalue weighted by Crippen LogP contribution is 2.24. The molecule has 1 saturated heterocycles. The second kappa shape index (κ2) is 7.53. The van der Waals surface area contributed by atoms with E-state index in [1.165, 1.54) is 35.2 Å². The third-order valence-corrected chi connectivity index (χ3v) is 4.56. The van der Waals surface area contributed by atoms with Crippen molar-refractivity contribution in [2.24, 2.45) is 0 Å². The Bertz CT molecular complexity index is 857. The van der Waals surface area contributed by atoms with Crippen molar-refractivity contribution in [1.82, 2.24) is 4.90 Å². The maximum atomic E-state index is 13.1. The number of carbonyl (C=O) groups excluding carboxylic acids is 2. The van der Waals surface area contributed by atoms with E-state index in [1.54, 1.807) is 12.1 Å². The van der Waals surface area contributed by atoms with Gasteiger partial charge in [0.25, 0.3) is 0 Å². The zero-order valence-corrected chi connectivity index (χ0v) is 14.9. The number of nitrogens with two attached hydrogens (primary N) is 1. The molecule has 8 heteroatoms. The Morgan fingerprint density at radius 2 is 1.89 bits per heavy atom. The van der Waals surface area contributed by atoms with Crippen LogP contribution < -0.4 is 16.0 Å². The number of nitrogens with one attached hydrogen (secondary N) is 1. The number of amides is 2. The van der Waals surface area contributed by atoms with Gasteiger partial charge in [0.05, 0.1) is 5.69 Å². The lowest BCUT2D eigenvalue weighted by molar-refractivity contribution is -0.143. The summed E-state index contributed by atoms with van der Waals surface area (Å²) in [6.07, 6.45) is 0. The summed E-state index contributed by atoms with van der Waals surface area (Å²) >= 11 is 0. The van der Waals surface area contributed by atoms with Crippen LogP contribution in [0.3, 0.4) is 0 Å². The molecule has 0 aromatic heterocycles. The van der Waals surface area contributed by atoms with E-state index in [1.807, 2.05) is 6.92 Å². The average molecular weight is 372 g/mol. The SMILES string of the molecule is C[C@H]1CN(C(=O)C(=O)Nc2ccc(N)c(O)c2)CCN1c1ccc(F)cc1. The smallest absolute Gasteiger partial charge is 0.313 e. The minimum absolute atomic E-state index is 0.0264. The summed E-state index contributed by atoms with van der Waals surface area (Å²) in [5.41, 5.74) is 6.87. The van der Waals surface area contributed by atoms with Crippen molar-refractivity contribution in [3.8, 4) is 5.75 Å². The number of nitrogen functional groups attached to an aromatic ring is 1. The number of halogens is 1. The van der Waals surface area contributed by atoms with Gasteiger partial charge in [-0.05, 0) is 43.3 Å². The molecule has 2 amide bonds. The lowest BCUT2D eigenvalue weighted by Crippen LogP contribution is -2.55. The van der Waals surface area contributed by atoms with E-state index in [-0.39, 0.29) is 29.0 Å². The van der Waals surface area contributed by atoms with E-state index in [0.717, 1.165) is 5.69 Å². The summed E-state index contributed by atoms with van der Waals surface area (Å²) in [6.45, 7) is 3.23. The van der Waals surface area contributed by atoms with Crippen molar-refractivity contribution in [1.29, 1.82) is 0 Å². The molecule has 2 aromatic rings. The first-order valence-electron chi connectivity index (χ1n) is 8.56. The first-order chi connectivity index (χ1) is 12.8. The molecule has 2 aromatic carbocycles. The number of hydrogen-bond acceptors (Lipinski definition) is 5. The third kappa shape index (κ3) is 4.11. The first kappa shape index (κ1) is 18.5. The minimum atomic E-state index is -0.776. The van der Waals surface area contributed by atoms with Crippen LogP contribution in [0.5, 0.6) is 5.75 Å². The zero-order chi connectivity index (χ0) is 19.6. The van der Waals surface area contributed by atoms with Gasteiger partial charge in [-0.2, -0.15) is 0 Å². The maximum Gasteiger partial charge on any atom is 0.313 e. The minimum Gasteiger partial charge on any atom is -0.506 e. The number of phenols is 1. The summed E-state index contributed by atoms with van der Waals surface area (Å²) in [6, 6.07) is 10.4. The number of rotatable bonds is 2. The molecule has 1 heterocycles. The Balaban J connectivity index is 1.62. The molecule has 1 aliphatic heterocycles. The van der Waals surface area contributed by atoms with E-state index in [9.17, 15) is 19.1 Å². The Hall–Kier alpha value is -3.29. The summed E-state index contributed by atoms with van der Waals surface area (Å²) in [5.74, 6) is -1.88. The zero-order valence-electron chi connectivity index (χ0n) is 14.9. The van der Waals surface area contributed by atoms with E-state index >= 15 is 0 Å². The van der Waals surface area contributed by atoms with Crippen molar-refractivity contribution in [2.45, 2.75) is 13.0 Å². The molecular formula is C19H21FN4O3. The second-order valence-electron chi connectivity index (χ2n) is 6.50. The highest BCUT2D eigenvalue weighted by Gasteiger charge is 2.30. The molecule has 0 unspecified atom stereocenters. The molecule has 0 spiro atoms. The third-order valence-electron chi connectivity index (χ3n) is 4.56. The fourth-order valence-electron chi connectivity index (χ4n) is 3.11. The van der Waals surface area contributed by atoms with Crippen LogP contribution in [0.1, 0.15) is 6.92 Å². The predicted octanol–water partition coefficient (Wildman–Crippen LogP) is 1.79. The van der Waals surface area contributed by atoms with Gasteiger partial charge in [-0.25, -0.2) is 4.39 Å². The first-order valence-corrected chi connectivity index (χ1v) is 8.56. The normalized spacial score (nSPS) is 16.9. The molecule has 1 fully saturated rings. The monoisotopic (exact) mass is 372 g/mol. The standard InChI is InChI=1S/C19H21FN4O3/c1-12-11-23(8-9-24(12)15-5-2-13(20)3-6-15)19(27)18(26)22-14-4-7-16(21)17(25)10-14/h2-7,10,12,25H,8-9,11,21H2,1H3,(H,22,26)/t12-/m0/s1. The molecule has 0 radical (unpaired) electrons. The summed E-state index contributed by atoms with van der Waals surface area (Å²) < 4.78 is 13.1. The lowest BCUT2D eigenvalue weighted by atomic mass is 10.1. The number of anilines is 3. The van der Waals surface area contributed by atoms with Crippen molar-refractivity contribution < 1.29 is 19.1 Å². The van der Waals surface area contributed by atoms with Crippen LogP contribution >= 0.6 is 0 Å². The van der Waals surface area contributed by atoms with E-state index in [0.29, 0.717) is 19.6 Å². The predicted molar refractivity (Wildman–Crippen MR) is 101 cm³/mol. The van der Waals surface area contributed by atoms with Gasteiger partial charge in [0.1, 0.15) is 11.6 Å². The van der Waals surface area contributed by atoms with Crippen molar-refractivity contribution in [3.63, 3.8) is 0 Å². The number of phenolic OH excluding ortho intramolecular Hbond substituents is 1. The highest BCUT2D eigenvalue weighted by atomic mass is 19.1. The largest absolute Gasteiger partial charge is 0.506 e. The van der Waals surface area contributed by atoms with Crippen molar-refractivity contribution in [3.05, 3.63) is 48.3 Å². The number of piperazine rings is 1. The Labute approximate surface area is 156 Å². The summed E-state index contributed by atoms with van der Waals surface area (Å²) in [5, 5.41) is 12.1. The van der Waals surface area contributed by atoms with Crippen LogP contribution in [-0.4, -0.2) is 47.5 Å². The highest BCUT2D eigenvalue weighted by molar-refractivity contribution is 6.39. The van der Waals surface area contributed by atoms with Crippen LogP contribution in [-0.2, 0) is 9.59 Å². The fourth-order valence-corrected chi connectivity index (χ4v) is 3.11.